The number of oxazole rings is 1. The number of hydrogen-bond donors (Lipinski definition) is 2. The van der Waals surface area contributed by atoms with Crippen LogP contribution in [0.15, 0.2) is 52.8 Å². The lowest BCUT2D eigenvalue weighted by molar-refractivity contribution is -0.157. The summed E-state index contributed by atoms with van der Waals surface area (Å²) < 4.78 is 11.7. The number of aromatic nitrogens is 1. The molecule has 0 saturated carbocycles. The second-order valence-corrected chi connectivity index (χ2v) is 11.0. The van der Waals surface area contributed by atoms with Crippen LogP contribution in [0.3, 0.4) is 0 Å². The van der Waals surface area contributed by atoms with Gasteiger partial charge < -0.3 is 24.3 Å². The number of fused-ring (bicyclic) bond motifs is 1. The summed E-state index contributed by atoms with van der Waals surface area (Å²) in [6.45, 7) is 6.58. The van der Waals surface area contributed by atoms with Gasteiger partial charge in [-0.2, -0.15) is 0 Å². The smallest absolute Gasteiger partial charge is 0.329 e. The Balaban J connectivity index is 1.75. The van der Waals surface area contributed by atoms with E-state index in [1.165, 1.54) is 43.0 Å². The molecule has 37 heavy (non-hydrogen) atoms. The minimum Gasteiger partial charge on any atom is -0.480 e. The van der Waals surface area contributed by atoms with E-state index in [-0.39, 0.29) is 25.7 Å². The third-order valence-electron chi connectivity index (χ3n) is 6.72. The molecular weight excluding hydrogens is 498 g/mol. The number of imide groups is 1. The predicted octanol–water partition coefficient (Wildman–Crippen LogP) is 3.61. The lowest BCUT2D eigenvalue weighted by atomic mass is 9.91. The van der Waals surface area contributed by atoms with Gasteiger partial charge in [-0.25, -0.2) is 19.5 Å². The van der Waals surface area contributed by atoms with E-state index in [2.05, 4.69) is 4.98 Å². The van der Waals surface area contributed by atoms with Gasteiger partial charge in [0, 0.05) is 12.5 Å². The van der Waals surface area contributed by atoms with Crippen molar-refractivity contribution in [1.82, 2.24) is 14.8 Å². The van der Waals surface area contributed by atoms with Gasteiger partial charge in [0.05, 0.1) is 35.5 Å². The molecule has 1 aromatic heterocycles. The number of rotatable bonds is 10. The van der Waals surface area contributed by atoms with Crippen molar-refractivity contribution >= 4 is 34.6 Å². The Hall–Kier alpha value is -3.15. The summed E-state index contributed by atoms with van der Waals surface area (Å²) in [7, 11) is 0. The monoisotopic (exact) mass is 529 g/mol. The number of carboxylic acid groups (broad SMARTS) is 1. The molecule has 2 aliphatic heterocycles. The quantitative estimate of drug-likeness (QED) is 0.473. The number of carbonyl (C=O) groups is 3. The van der Waals surface area contributed by atoms with Crippen molar-refractivity contribution in [3.63, 3.8) is 0 Å². The molecule has 4 atom stereocenters. The highest BCUT2D eigenvalue weighted by molar-refractivity contribution is 8.09. The SMILES string of the molecule is CC1=C(c2ncco2)SC2C1C(=O)N(C(C)(C)C(=O)O)C(=O)N2C[C@H](OC[C@@H](C)CO)c1ccccc1. The minimum absolute atomic E-state index is 0.0532. The van der Waals surface area contributed by atoms with Crippen molar-refractivity contribution < 1.29 is 33.8 Å². The lowest BCUT2D eigenvalue weighted by Gasteiger charge is -2.47. The topological polar surface area (TPSA) is 133 Å². The zero-order chi connectivity index (χ0) is 26.9. The average Bonchev–Trinajstić information content (AvgIpc) is 3.52. The average molecular weight is 530 g/mol. The van der Waals surface area contributed by atoms with Crippen LogP contribution in [-0.2, 0) is 14.3 Å². The van der Waals surface area contributed by atoms with Crippen LogP contribution < -0.4 is 0 Å². The van der Waals surface area contributed by atoms with Gasteiger partial charge in [0.1, 0.15) is 17.9 Å². The van der Waals surface area contributed by atoms with E-state index in [1.807, 2.05) is 37.3 Å². The van der Waals surface area contributed by atoms with Gasteiger partial charge >= 0.3 is 12.0 Å². The van der Waals surface area contributed by atoms with Gasteiger partial charge in [-0.1, -0.05) is 49.0 Å². The molecular formula is C26H31N3O7S. The molecule has 1 fully saturated rings. The number of thioether (sulfide) groups is 1. The van der Waals surface area contributed by atoms with Gasteiger partial charge in [-0.15, -0.1) is 0 Å². The maximum atomic E-state index is 13.9. The number of urea groups is 1. The summed E-state index contributed by atoms with van der Waals surface area (Å²) in [6.07, 6.45) is 2.36. The van der Waals surface area contributed by atoms with Crippen LogP contribution in [0.25, 0.3) is 4.91 Å². The Labute approximate surface area is 219 Å². The molecule has 0 spiro atoms. The molecule has 0 aliphatic carbocycles. The van der Waals surface area contributed by atoms with Gasteiger partial charge in [0.25, 0.3) is 0 Å². The Morgan fingerprint density at radius 2 is 1.97 bits per heavy atom. The third kappa shape index (κ3) is 5.03. The number of aliphatic hydroxyl groups is 1. The molecule has 0 bridgehead atoms. The molecule has 0 radical (unpaired) electrons. The van der Waals surface area contributed by atoms with E-state index < -0.39 is 40.8 Å². The van der Waals surface area contributed by atoms with E-state index in [0.29, 0.717) is 16.4 Å². The Morgan fingerprint density at radius 1 is 1.27 bits per heavy atom. The van der Waals surface area contributed by atoms with Crippen molar-refractivity contribution in [1.29, 1.82) is 0 Å². The van der Waals surface area contributed by atoms with Crippen LogP contribution in [0.1, 0.15) is 45.3 Å². The van der Waals surface area contributed by atoms with Gasteiger partial charge in [0.15, 0.2) is 0 Å². The number of aliphatic carboxylic acids is 1. The molecule has 1 aromatic carbocycles. The number of nitrogens with zero attached hydrogens (tertiary/aromatic N) is 3. The van der Waals surface area contributed by atoms with Crippen molar-refractivity contribution in [2.45, 2.75) is 44.7 Å². The minimum atomic E-state index is -1.78. The van der Waals surface area contributed by atoms with Crippen LogP contribution in [0.2, 0.25) is 0 Å². The zero-order valence-electron chi connectivity index (χ0n) is 21.2. The fraction of sp³-hybridized carbons (Fsp3) is 0.462. The van der Waals surface area contributed by atoms with Crippen LogP contribution in [0.5, 0.6) is 0 Å². The molecule has 4 rings (SSSR count). The molecule has 198 valence electrons. The number of carbonyl (C=O) groups excluding carboxylic acids is 2. The second kappa shape index (κ2) is 10.7. The number of amides is 3. The van der Waals surface area contributed by atoms with E-state index in [9.17, 15) is 24.6 Å². The van der Waals surface area contributed by atoms with Crippen LogP contribution in [0, 0.1) is 11.8 Å². The van der Waals surface area contributed by atoms with Gasteiger partial charge in [0.2, 0.25) is 11.8 Å². The van der Waals surface area contributed by atoms with Crippen molar-refractivity contribution in [2.24, 2.45) is 11.8 Å². The van der Waals surface area contributed by atoms with Crippen molar-refractivity contribution in [2.75, 3.05) is 19.8 Å². The Morgan fingerprint density at radius 3 is 2.57 bits per heavy atom. The molecule has 2 aliphatic rings. The Bertz CT molecular complexity index is 1180. The zero-order valence-corrected chi connectivity index (χ0v) is 22.0. The van der Waals surface area contributed by atoms with Gasteiger partial charge in [-0.05, 0) is 31.9 Å². The molecule has 2 N–H and O–H groups in total. The first-order valence-corrected chi connectivity index (χ1v) is 12.9. The molecule has 2 unspecified atom stereocenters. The largest absolute Gasteiger partial charge is 0.480 e. The fourth-order valence-corrected chi connectivity index (χ4v) is 5.95. The van der Waals surface area contributed by atoms with Crippen LogP contribution in [-0.4, -0.2) is 73.6 Å². The van der Waals surface area contributed by atoms with Crippen molar-refractivity contribution in [3.8, 4) is 0 Å². The van der Waals surface area contributed by atoms with E-state index in [0.717, 1.165) is 10.5 Å². The summed E-state index contributed by atoms with van der Waals surface area (Å²) >= 11 is 1.30. The number of carboxylic acids is 1. The summed E-state index contributed by atoms with van der Waals surface area (Å²) in [4.78, 5) is 47.0. The van der Waals surface area contributed by atoms with E-state index >= 15 is 0 Å². The summed E-state index contributed by atoms with van der Waals surface area (Å²) in [6, 6.07) is 8.66. The van der Waals surface area contributed by atoms with Gasteiger partial charge in [-0.3, -0.25) is 4.79 Å². The third-order valence-corrected chi connectivity index (χ3v) is 8.22. The van der Waals surface area contributed by atoms with Crippen LogP contribution >= 0.6 is 11.8 Å². The van der Waals surface area contributed by atoms with E-state index in [1.54, 1.807) is 6.92 Å². The van der Waals surface area contributed by atoms with Crippen molar-refractivity contribution in [3.05, 3.63) is 59.8 Å². The highest BCUT2D eigenvalue weighted by Gasteiger charge is 2.57. The van der Waals surface area contributed by atoms with Crippen LogP contribution in [0.4, 0.5) is 4.79 Å². The molecule has 11 heteroatoms. The number of aliphatic hydroxyl groups excluding tert-OH is 1. The summed E-state index contributed by atoms with van der Waals surface area (Å²) in [5.41, 5.74) is -0.293. The second-order valence-electron chi connectivity index (χ2n) is 9.83. The first kappa shape index (κ1) is 26.9. The Kier molecular flexibility index (Phi) is 7.77. The standard InChI is InChI=1S/C26H31N3O7S/c1-15(13-30)14-36-18(17-8-6-5-7-9-17)12-28-23-19(16(2)20(37-23)21-27-10-11-35-21)22(31)29(25(28)34)26(3,4)24(32)33/h5-11,15,18-19,23,30H,12-14H2,1-4H3,(H,32,33)/t15-,18-,19?,23?/m0/s1. The highest BCUT2D eigenvalue weighted by atomic mass is 32.2. The number of benzene rings is 1. The summed E-state index contributed by atoms with van der Waals surface area (Å²) in [5, 5.41) is 18.8. The first-order chi connectivity index (χ1) is 17.6. The molecule has 10 nitrogen and oxygen atoms in total. The lowest BCUT2D eigenvalue weighted by Crippen LogP contribution is -2.67. The summed E-state index contributed by atoms with van der Waals surface area (Å²) in [5.74, 6) is -2.43. The molecule has 2 aromatic rings. The number of hydrogen-bond acceptors (Lipinski definition) is 8. The first-order valence-electron chi connectivity index (χ1n) is 12.0. The molecule has 3 amide bonds. The highest BCUT2D eigenvalue weighted by Crippen LogP contribution is 2.52. The maximum absolute atomic E-state index is 13.9. The maximum Gasteiger partial charge on any atom is 0.329 e. The fourth-order valence-electron chi connectivity index (χ4n) is 4.44. The molecule has 1 saturated heterocycles. The predicted molar refractivity (Wildman–Crippen MR) is 136 cm³/mol. The number of ether oxygens (including phenoxy) is 1. The molecule has 3 heterocycles. The normalized spacial score (nSPS) is 21.9. The van der Waals surface area contributed by atoms with E-state index in [4.69, 9.17) is 9.15 Å².